The summed E-state index contributed by atoms with van der Waals surface area (Å²) in [5, 5.41) is 12.8. The second-order valence-electron chi connectivity index (χ2n) is 15.8. The van der Waals surface area contributed by atoms with Crippen LogP contribution in [0.3, 0.4) is 0 Å². The first-order chi connectivity index (χ1) is 26.6. The average molecular weight is 709 g/mol. The van der Waals surface area contributed by atoms with Crippen molar-refractivity contribution in [1.82, 2.24) is 0 Å². The number of hydrogen-bond acceptors (Lipinski definition) is 1. The first kappa shape index (κ1) is 33.4. The van der Waals surface area contributed by atoms with Gasteiger partial charge in [-0.15, -0.1) is 0 Å². The predicted molar refractivity (Wildman–Crippen MR) is 238 cm³/mol. The van der Waals surface area contributed by atoms with Crippen molar-refractivity contribution < 1.29 is 4.42 Å². The van der Waals surface area contributed by atoms with E-state index in [-0.39, 0.29) is 0 Å². The quantitative estimate of drug-likeness (QED) is 0.132. The molecule has 0 N–H and O–H groups in total. The zero-order valence-corrected chi connectivity index (χ0v) is 33.0. The molecule has 0 atom stereocenters. The third-order valence-corrected chi connectivity index (χ3v) is 13.3. The molecule has 1 nitrogen and oxygen atoms in total. The maximum Gasteiger partial charge on any atom is 0.136 e. The van der Waals surface area contributed by atoms with E-state index in [1.807, 2.05) is 0 Å². The first-order valence-corrected chi connectivity index (χ1v) is 19.5. The third-order valence-electron chi connectivity index (χ3n) is 13.3. The van der Waals surface area contributed by atoms with Crippen molar-refractivity contribution in [2.24, 2.45) is 0 Å². The number of fused-ring (bicyclic) bond motifs is 8. The highest BCUT2D eigenvalue weighted by molar-refractivity contribution is 6.28. The Morgan fingerprint density at radius 3 is 1.51 bits per heavy atom. The molecule has 0 aliphatic carbocycles. The van der Waals surface area contributed by atoms with Gasteiger partial charge in [0.05, 0.1) is 0 Å². The van der Waals surface area contributed by atoms with Gasteiger partial charge in [0.15, 0.2) is 0 Å². The predicted octanol–water partition coefficient (Wildman–Crippen LogP) is 15.7. The summed E-state index contributed by atoms with van der Waals surface area (Å²) in [6, 6.07) is 44.6. The monoisotopic (exact) mass is 708 g/mol. The average Bonchev–Trinajstić information content (AvgIpc) is 3.61. The van der Waals surface area contributed by atoms with Crippen molar-refractivity contribution in [2.75, 3.05) is 0 Å². The molecule has 0 saturated carbocycles. The van der Waals surface area contributed by atoms with Crippen LogP contribution in [0.15, 0.2) is 126 Å². The minimum atomic E-state index is 0.925. The highest BCUT2D eigenvalue weighted by Crippen LogP contribution is 2.52. The van der Waals surface area contributed by atoms with Crippen LogP contribution in [-0.4, -0.2) is 0 Å². The Morgan fingerprint density at radius 2 is 0.818 bits per heavy atom. The van der Waals surface area contributed by atoms with E-state index in [0.29, 0.717) is 0 Å². The van der Waals surface area contributed by atoms with Crippen LogP contribution < -0.4 is 0 Å². The molecule has 0 aliphatic heterocycles. The summed E-state index contributed by atoms with van der Waals surface area (Å²) in [6.07, 6.45) is 0. The van der Waals surface area contributed by atoms with Gasteiger partial charge in [0.25, 0.3) is 0 Å². The van der Waals surface area contributed by atoms with Crippen LogP contribution in [0.4, 0.5) is 0 Å². The fraction of sp³-hybridized carbons (Fsp3) is 0.148. The molecule has 0 aliphatic rings. The number of benzene rings is 9. The van der Waals surface area contributed by atoms with Crippen LogP contribution in [0.1, 0.15) is 44.5 Å². The molecule has 55 heavy (non-hydrogen) atoms. The summed E-state index contributed by atoms with van der Waals surface area (Å²) in [4.78, 5) is 0. The lowest BCUT2D eigenvalue weighted by atomic mass is 9.76. The largest absolute Gasteiger partial charge is 0.456 e. The van der Waals surface area contributed by atoms with Gasteiger partial charge in [0.1, 0.15) is 11.2 Å². The van der Waals surface area contributed by atoms with Gasteiger partial charge in [-0.3, -0.25) is 0 Å². The molecule has 0 amide bonds. The lowest BCUT2D eigenvalue weighted by Crippen LogP contribution is -2.04. The highest BCUT2D eigenvalue weighted by Gasteiger charge is 2.27. The van der Waals surface area contributed by atoms with E-state index in [2.05, 4.69) is 177 Å². The number of hydrogen-bond donors (Lipinski definition) is 0. The molecule has 266 valence electrons. The summed E-state index contributed by atoms with van der Waals surface area (Å²) in [6.45, 7) is 18.6. The number of furan rings is 1. The molecule has 0 spiro atoms. The van der Waals surface area contributed by atoms with Crippen molar-refractivity contribution in [2.45, 2.75) is 55.4 Å². The molecular weight excluding hydrogens is 665 g/mol. The van der Waals surface area contributed by atoms with E-state index in [1.165, 1.54) is 126 Å². The summed E-state index contributed by atoms with van der Waals surface area (Å²) >= 11 is 0. The van der Waals surface area contributed by atoms with Crippen molar-refractivity contribution in [3.63, 3.8) is 0 Å². The lowest BCUT2D eigenvalue weighted by Gasteiger charge is -2.27. The van der Waals surface area contributed by atoms with Crippen molar-refractivity contribution in [3.05, 3.63) is 166 Å². The number of para-hydroxylation sites is 1. The summed E-state index contributed by atoms with van der Waals surface area (Å²) in [5.74, 6) is 0. The molecule has 10 rings (SSSR count). The van der Waals surface area contributed by atoms with E-state index < -0.39 is 0 Å². The van der Waals surface area contributed by atoms with Crippen LogP contribution >= 0.6 is 0 Å². The Morgan fingerprint density at radius 1 is 0.309 bits per heavy atom. The van der Waals surface area contributed by atoms with Gasteiger partial charge < -0.3 is 4.42 Å². The zero-order chi connectivity index (χ0) is 37.9. The zero-order valence-electron chi connectivity index (χ0n) is 33.0. The Balaban J connectivity index is 1.36. The second-order valence-corrected chi connectivity index (χ2v) is 15.8. The Bertz CT molecular complexity index is 3200. The molecule has 0 fully saturated rings. The maximum atomic E-state index is 6.53. The van der Waals surface area contributed by atoms with Gasteiger partial charge in [-0.1, -0.05) is 97.1 Å². The normalized spacial score (nSPS) is 12.0. The number of rotatable bonds is 3. The minimum Gasteiger partial charge on any atom is -0.456 e. The minimum absolute atomic E-state index is 0.925. The second kappa shape index (κ2) is 12.2. The van der Waals surface area contributed by atoms with Crippen molar-refractivity contribution in [1.29, 1.82) is 0 Å². The van der Waals surface area contributed by atoms with Gasteiger partial charge in [-0.25, -0.2) is 0 Å². The Kier molecular flexibility index (Phi) is 7.39. The number of aryl methyl sites for hydroxylation is 4. The van der Waals surface area contributed by atoms with E-state index in [4.69, 9.17) is 4.42 Å². The van der Waals surface area contributed by atoms with Crippen LogP contribution in [-0.2, 0) is 0 Å². The Hall–Kier alpha value is -6.18. The molecule has 1 heterocycles. The first-order valence-electron chi connectivity index (χ1n) is 19.5. The molecule has 0 saturated heterocycles. The van der Waals surface area contributed by atoms with Crippen LogP contribution in [0, 0.1) is 55.4 Å². The smallest absolute Gasteiger partial charge is 0.136 e. The topological polar surface area (TPSA) is 13.1 Å². The molecule has 0 unspecified atom stereocenters. The summed E-state index contributed by atoms with van der Waals surface area (Å²) in [5.41, 5.74) is 20.3. The Labute approximate surface area is 322 Å². The van der Waals surface area contributed by atoms with E-state index in [9.17, 15) is 0 Å². The molecule has 0 bridgehead atoms. The fourth-order valence-electron chi connectivity index (χ4n) is 9.71. The summed E-state index contributed by atoms with van der Waals surface area (Å²) < 4.78 is 6.53. The van der Waals surface area contributed by atoms with Gasteiger partial charge >= 0.3 is 0 Å². The van der Waals surface area contributed by atoms with Crippen LogP contribution in [0.2, 0.25) is 0 Å². The molecule has 0 radical (unpaired) electrons. The van der Waals surface area contributed by atoms with E-state index in [1.54, 1.807) is 0 Å². The standard InChI is InChI=1S/C54H44O/c1-29-31(3)35(7)50-48(33(29)5)52(41-17-13-16-38(28-41)39-25-26-43-40(27-39)24-23-37-15-9-10-18-42(37)43)49-34(6)30(2)32(4)36(8)51(49)54(50)45-20-14-22-47-53(45)44-19-11-12-21-46(44)55-47/h9-28H,1-8H3. The molecule has 1 heteroatoms. The van der Waals surface area contributed by atoms with Gasteiger partial charge in [0, 0.05) is 10.8 Å². The maximum absolute atomic E-state index is 6.53. The SMILES string of the molecule is Cc1c(C)c(C)c2c(-c3cccc4oc5ccccc5c34)c3c(C)c(C)c(C)c(C)c3c(-c3cccc(-c4ccc5c(ccc6ccccc65)c4)c3)c2c1C. The van der Waals surface area contributed by atoms with Crippen LogP contribution in [0.5, 0.6) is 0 Å². The van der Waals surface area contributed by atoms with Gasteiger partial charge in [0.2, 0.25) is 0 Å². The fourth-order valence-corrected chi connectivity index (χ4v) is 9.71. The molecular formula is C54H44O. The van der Waals surface area contributed by atoms with Gasteiger partial charge in [-0.2, -0.15) is 0 Å². The lowest BCUT2D eigenvalue weighted by molar-refractivity contribution is 0.669. The molecule has 9 aromatic carbocycles. The molecule has 1 aromatic heterocycles. The molecule has 10 aromatic rings. The van der Waals surface area contributed by atoms with Crippen molar-refractivity contribution in [3.8, 4) is 33.4 Å². The third kappa shape index (κ3) is 4.72. The highest BCUT2D eigenvalue weighted by atomic mass is 16.3. The van der Waals surface area contributed by atoms with E-state index >= 15 is 0 Å². The van der Waals surface area contributed by atoms with E-state index in [0.717, 1.165) is 16.6 Å². The summed E-state index contributed by atoms with van der Waals surface area (Å²) in [7, 11) is 0. The van der Waals surface area contributed by atoms with Gasteiger partial charge in [-0.05, 0) is 201 Å². The van der Waals surface area contributed by atoms with Crippen molar-refractivity contribution >= 4 is 65.0 Å². The van der Waals surface area contributed by atoms with Crippen LogP contribution in [0.25, 0.3) is 98.4 Å².